The van der Waals surface area contributed by atoms with E-state index in [-0.39, 0.29) is 23.5 Å². The highest BCUT2D eigenvalue weighted by Gasteiger charge is 2.18. The molecule has 0 aliphatic rings. The van der Waals surface area contributed by atoms with Crippen molar-refractivity contribution in [3.05, 3.63) is 70.8 Å². The van der Waals surface area contributed by atoms with Crippen LogP contribution in [0.2, 0.25) is 0 Å². The largest absolute Gasteiger partial charge is 0.478 e. The average Bonchev–Trinajstić information content (AvgIpc) is 2.54. The van der Waals surface area contributed by atoms with Gasteiger partial charge < -0.3 is 10.2 Å². The second kappa shape index (κ2) is 7.60. The van der Waals surface area contributed by atoms with E-state index in [9.17, 15) is 23.4 Å². The molecule has 4 N–H and O–H groups in total. The molecular formula is C18H19NO5S. The molecule has 0 aromatic heterocycles. The van der Waals surface area contributed by atoms with Gasteiger partial charge in [0, 0.05) is 18.6 Å². The van der Waals surface area contributed by atoms with Crippen molar-refractivity contribution in [3.8, 4) is 0 Å². The normalized spacial score (nSPS) is 12.6. The van der Waals surface area contributed by atoms with E-state index < -0.39 is 16.0 Å². The lowest BCUT2D eigenvalue weighted by Gasteiger charge is -2.14. The third kappa shape index (κ3) is 4.54. The Balaban J connectivity index is 2.71. The van der Waals surface area contributed by atoms with Gasteiger partial charge in [-0.15, -0.1) is 0 Å². The molecule has 0 fully saturated rings. The van der Waals surface area contributed by atoms with Gasteiger partial charge in [-0.2, -0.15) is 0 Å². The van der Waals surface area contributed by atoms with Crippen LogP contribution in [0, 0.1) is 6.92 Å². The first-order chi connectivity index (χ1) is 11.7. The van der Waals surface area contributed by atoms with Crippen molar-refractivity contribution in [2.75, 3.05) is 6.61 Å². The zero-order chi connectivity index (χ0) is 18.6. The molecule has 0 aliphatic carbocycles. The van der Waals surface area contributed by atoms with E-state index in [1.165, 1.54) is 24.3 Å². The van der Waals surface area contributed by atoms with Gasteiger partial charge in [0.15, 0.2) is 0 Å². The molecule has 7 heteroatoms. The smallest absolute Gasteiger partial charge is 0.332 e. The summed E-state index contributed by atoms with van der Waals surface area (Å²) in [7, 11) is -3.84. The molecule has 2 aromatic carbocycles. The molecule has 0 heterocycles. The number of benzene rings is 2. The van der Waals surface area contributed by atoms with E-state index in [2.05, 4.69) is 0 Å². The van der Waals surface area contributed by atoms with Crippen molar-refractivity contribution in [2.24, 2.45) is 5.14 Å². The molecule has 0 saturated heterocycles. The number of sulfonamides is 1. The molecule has 2 aromatic rings. The Morgan fingerprint density at radius 3 is 2.20 bits per heavy atom. The van der Waals surface area contributed by atoms with Crippen LogP contribution >= 0.6 is 0 Å². The van der Waals surface area contributed by atoms with Crippen molar-refractivity contribution >= 4 is 21.6 Å². The Labute approximate surface area is 146 Å². The van der Waals surface area contributed by atoms with Gasteiger partial charge >= 0.3 is 5.97 Å². The number of aliphatic hydroxyl groups is 1. The SMILES string of the molecule is Cc1cccc(C(=C(CCO)C(=O)O)c2ccc(S(N)(=O)=O)cc2)c1. The van der Waals surface area contributed by atoms with Gasteiger partial charge in [0.05, 0.1) is 4.90 Å². The topological polar surface area (TPSA) is 118 Å². The van der Waals surface area contributed by atoms with Gasteiger partial charge in [-0.25, -0.2) is 18.4 Å². The Kier molecular flexibility index (Phi) is 5.73. The highest BCUT2D eigenvalue weighted by Crippen LogP contribution is 2.30. The fourth-order valence-corrected chi connectivity index (χ4v) is 3.09. The first-order valence-corrected chi connectivity index (χ1v) is 9.06. The number of aliphatic carboxylic acids is 1. The zero-order valence-electron chi connectivity index (χ0n) is 13.6. The molecule has 0 atom stereocenters. The molecular weight excluding hydrogens is 342 g/mol. The molecule has 25 heavy (non-hydrogen) atoms. The quantitative estimate of drug-likeness (QED) is 0.679. The first kappa shape index (κ1) is 18.9. The minimum Gasteiger partial charge on any atom is -0.478 e. The highest BCUT2D eigenvalue weighted by atomic mass is 32.2. The second-order valence-electron chi connectivity index (χ2n) is 5.57. The molecule has 6 nitrogen and oxygen atoms in total. The summed E-state index contributed by atoms with van der Waals surface area (Å²) < 4.78 is 22.8. The summed E-state index contributed by atoms with van der Waals surface area (Å²) in [6.07, 6.45) is -0.0322. The van der Waals surface area contributed by atoms with Crippen LogP contribution in [-0.4, -0.2) is 31.2 Å². The number of nitrogens with two attached hydrogens (primary N) is 1. The maximum atomic E-state index is 11.7. The highest BCUT2D eigenvalue weighted by molar-refractivity contribution is 7.89. The summed E-state index contributed by atoms with van der Waals surface area (Å²) in [4.78, 5) is 11.6. The van der Waals surface area contributed by atoms with Crippen molar-refractivity contribution in [1.29, 1.82) is 0 Å². The average molecular weight is 361 g/mol. The van der Waals surface area contributed by atoms with E-state index in [0.717, 1.165) is 5.56 Å². The van der Waals surface area contributed by atoms with Crippen LogP contribution in [0.1, 0.15) is 23.1 Å². The Hall–Kier alpha value is -2.48. The maximum Gasteiger partial charge on any atom is 0.332 e. The van der Waals surface area contributed by atoms with Crippen LogP contribution < -0.4 is 5.14 Å². The maximum absolute atomic E-state index is 11.7. The summed E-state index contributed by atoms with van der Waals surface area (Å²) >= 11 is 0. The van der Waals surface area contributed by atoms with Gasteiger partial charge in [-0.3, -0.25) is 0 Å². The number of rotatable bonds is 6. The van der Waals surface area contributed by atoms with Crippen LogP contribution in [0.4, 0.5) is 0 Å². The number of carboxylic acid groups (broad SMARTS) is 1. The van der Waals surface area contributed by atoms with Gasteiger partial charge in [0.25, 0.3) is 0 Å². The van der Waals surface area contributed by atoms with Gasteiger partial charge in [-0.05, 0) is 35.8 Å². The van der Waals surface area contributed by atoms with E-state index in [1.54, 1.807) is 6.07 Å². The fraction of sp³-hybridized carbons (Fsp3) is 0.167. The van der Waals surface area contributed by atoms with E-state index >= 15 is 0 Å². The van der Waals surface area contributed by atoms with Crippen LogP contribution in [0.25, 0.3) is 5.57 Å². The van der Waals surface area contributed by atoms with Gasteiger partial charge in [0.1, 0.15) is 0 Å². The lowest BCUT2D eigenvalue weighted by molar-refractivity contribution is -0.132. The number of primary sulfonamides is 1. The molecule has 0 bridgehead atoms. The third-order valence-corrected chi connectivity index (χ3v) is 4.63. The number of aryl methyl sites for hydroxylation is 1. The number of hydrogen-bond acceptors (Lipinski definition) is 4. The molecule has 0 radical (unpaired) electrons. The number of carbonyl (C=O) groups is 1. The van der Waals surface area contributed by atoms with Crippen molar-refractivity contribution in [3.63, 3.8) is 0 Å². The van der Waals surface area contributed by atoms with E-state index in [0.29, 0.717) is 16.7 Å². The van der Waals surface area contributed by atoms with Crippen LogP contribution in [0.5, 0.6) is 0 Å². The fourth-order valence-electron chi connectivity index (χ4n) is 2.58. The van der Waals surface area contributed by atoms with Gasteiger partial charge in [0.2, 0.25) is 10.0 Å². The molecule has 0 unspecified atom stereocenters. The first-order valence-electron chi connectivity index (χ1n) is 7.51. The van der Waals surface area contributed by atoms with Crippen LogP contribution in [0.15, 0.2) is 59.0 Å². The lowest BCUT2D eigenvalue weighted by Crippen LogP contribution is -2.12. The molecule has 2 rings (SSSR count). The van der Waals surface area contributed by atoms with Crippen LogP contribution in [0.3, 0.4) is 0 Å². The predicted molar refractivity (Wildman–Crippen MR) is 94.4 cm³/mol. The number of carboxylic acids is 1. The summed E-state index contributed by atoms with van der Waals surface area (Å²) in [6.45, 7) is 1.57. The Morgan fingerprint density at radius 1 is 1.08 bits per heavy atom. The van der Waals surface area contributed by atoms with Crippen molar-refractivity contribution in [1.82, 2.24) is 0 Å². The Morgan fingerprint density at radius 2 is 1.72 bits per heavy atom. The monoisotopic (exact) mass is 361 g/mol. The number of hydrogen-bond donors (Lipinski definition) is 3. The molecule has 0 aliphatic heterocycles. The van der Waals surface area contributed by atoms with Crippen molar-refractivity contribution in [2.45, 2.75) is 18.2 Å². The molecule has 132 valence electrons. The minimum absolute atomic E-state index is 0.0322. The van der Waals surface area contributed by atoms with E-state index in [1.807, 2.05) is 25.1 Å². The van der Waals surface area contributed by atoms with Crippen molar-refractivity contribution < 1.29 is 23.4 Å². The molecule has 0 amide bonds. The van der Waals surface area contributed by atoms with E-state index in [4.69, 9.17) is 5.14 Å². The standard InChI is InChI=1S/C18H19NO5S/c1-12-3-2-4-14(11-12)17(16(9-10-20)18(21)22)13-5-7-15(8-6-13)25(19,23)24/h2-8,11,20H,9-10H2,1H3,(H,21,22)(H2,19,23,24). The van der Waals surface area contributed by atoms with Gasteiger partial charge in [-0.1, -0.05) is 42.0 Å². The zero-order valence-corrected chi connectivity index (χ0v) is 14.5. The minimum atomic E-state index is -3.84. The van der Waals surface area contributed by atoms with Crippen LogP contribution in [-0.2, 0) is 14.8 Å². The molecule has 0 saturated carbocycles. The summed E-state index contributed by atoms with van der Waals surface area (Å²) in [6, 6.07) is 13.0. The molecule has 0 spiro atoms. The Bertz CT molecular complexity index is 915. The summed E-state index contributed by atoms with van der Waals surface area (Å²) in [5, 5.41) is 23.9. The number of aliphatic hydroxyl groups excluding tert-OH is 1. The predicted octanol–water partition coefficient (Wildman–Crippen LogP) is 1.91. The summed E-state index contributed by atoms with van der Waals surface area (Å²) in [5.74, 6) is -1.14. The second-order valence-corrected chi connectivity index (χ2v) is 7.13. The lowest BCUT2D eigenvalue weighted by atomic mass is 9.91. The third-order valence-electron chi connectivity index (χ3n) is 3.70. The summed E-state index contributed by atoms with van der Waals surface area (Å²) in [5.41, 5.74) is 2.64.